The first-order chi connectivity index (χ1) is 13.0. The van der Waals surface area contributed by atoms with E-state index in [0.29, 0.717) is 17.8 Å². The third-order valence-corrected chi connectivity index (χ3v) is 5.85. The van der Waals surface area contributed by atoms with Crippen LogP contribution in [-0.4, -0.2) is 14.7 Å². The molecule has 0 bridgehead atoms. The van der Waals surface area contributed by atoms with Gasteiger partial charge in [-0.25, -0.2) is 4.98 Å². The van der Waals surface area contributed by atoms with Gasteiger partial charge in [-0.1, -0.05) is 43.3 Å². The van der Waals surface area contributed by atoms with Gasteiger partial charge in [0.25, 0.3) is 5.56 Å². The minimum atomic E-state index is -0.0378. The van der Waals surface area contributed by atoms with Crippen LogP contribution in [0, 0.1) is 13.8 Å². The summed E-state index contributed by atoms with van der Waals surface area (Å²) < 4.78 is 6.85. The van der Waals surface area contributed by atoms with Crippen molar-refractivity contribution in [3.05, 3.63) is 68.9 Å². The predicted molar refractivity (Wildman–Crippen MR) is 108 cm³/mol. The molecule has 0 N–H and O–H groups in total. The van der Waals surface area contributed by atoms with E-state index in [9.17, 15) is 4.79 Å². The molecule has 4 rings (SSSR count). The van der Waals surface area contributed by atoms with Crippen LogP contribution in [0.2, 0.25) is 0 Å². The van der Waals surface area contributed by atoms with Gasteiger partial charge in [-0.15, -0.1) is 11.3 Å². The fourth-order valence-electron chi connectivity index (χ4n) is 3.24. The molecule has 0 aliphatic carbocycles. The Kier molecular flexibility index (Phi) is 4.44. The minimum Gasteiger partial charge on any atom is -0.361 e. The topological polar surface area (TPSA) is 60.9 Å². The first kappa shape index (κ1) is 17.7. The molecule has 0 aliphatic rings. The van der Waals surface area contributed by atoms with Crippen LogP contribution in [0.1, 0.15) is 42.3 Å². The molecule has 6 heteroatoms. The number of thiophene rings is 1. The number of aromatic nitrogens is 3. The number of rotatable bonds is 4. The maximum Gasteiger partial charge on any atom is 0.263 e. The van der Waals surface area contributed by atoms with Gasteiger partial charge in [-0.3, -0.25) is 9.36 Å². The van der Waals surface area contributed by atoms with Gasteiger partial charge in [0.05, 0.1) is 24.0 Å². The minimum absolute atomic E-state index is 0.0378. The Morgan fingerprint density at radius 2 is 1.93 bits per heavy atom. The van der Waals surface area contributed by atoms with E-state index in [2.05, 4.69) is 48.3 Å². The average molecular weight is 379 g/mol. The summed E-state index contributed by atoms with van der Waals surface area (Å²) in [4.78, 5) is 18.5. The Labute approximate surface area is 161 Å². The van der Waals surface area contributed by atoms with Crippen LogP contribution < -0.4 is 5.56 Å². The highest BCUT2D eigenvalue weighted by Gasteiger charge is 2.16. The molecular formula is C21H21N3O2S. The lowest BCUT2D eigenvalue weighted by Gasteiger charge is -2.08. The van der Waals surface area contributed by atoms with E-state index < -0.39 is 0 Å². The largest absolute Gasteiger partial charge is 0.361 e. The van der Waals surface area contributed by atoms with Crippen molar-refractivity contribution in [2.24, 2.45) is 0 Å². The summed E-state index contributed by atoms with van der Waals surface area (Å²) in [5, 5.41) is 6.66. The standard InChI is InChI=1S/C21H21N3O2S/c1-12(2)15-5-7-16(8-6-15)18-10-27-20-19(18)21(25)24(11-22-20)9-17-13(3)23-26-14(17)4/h5-8,10-12H,9H2,1-4H3. The monoisotopic (exact) mass is 379 g/mol. The molecule has 3 heterocycles. The first-order valence-electron chi connectivity index (χ1n) is 8.94. The van der Waals surface area contributed by atoms with Crippen LogP contribution >= 0.6 is 11.3 Å². The number of hydrogen-bond acceptors (Lipinski definition) is 5. The number of benzene rings is 1. The normalized spacial score (nSPS) is 11.6. The smallest absolute Gasteiger partial charge is 0.263 e. The maximum absolute atomic E-state index is 13.2. The highest BCUT2D eigenvalue weighted by molar-refractivity contribution is 7.17. The molecule has 0 atom stereocenters. The molecule has 0 radical (unpaired) electrons. The fourth-order valence-corrected chi connectivity index (χ4v) is 4.14. The van der Waals surface area contributed by atoms with Crippen LogP contribution in [0.3, 0.4) is 0 Å². The lowest BCUT2D eigenvalue weighted by Crippen LogP contribution is -2.21. The maximum atomic E-state index is 13.2. The number of fused-ring (bicyclic) bond motifs is 1. The number of nitrogens with zero attached hydrogens (tertiary/aromatic N) is 3. The van der Waals surface area contributed by atoms with Crippen molar-refractivity contribution in [2.75, 3.05) is 0 Å². The summed E-state index contributed by atoms with van der Waals surface area (Å²) in [5.41, 5.74) is 4.96. The summed E-state index contributed by atoms with van der Waals surface area (Å²) >= 11 is 1.50. The molecule has 5 nitrogen and oxygen atoms in total. The van der Waals surface area contributed by atoms with Crippen molar-refractivity contribution in [3.63, 3.8) is 0 Å². The third-order valence-electron chi connectivity index (χ3n) is 4.96. The van der Waals surface area contributed by atoms with E-state index in [1.807, 2.05) is 19.2 Å². The second kappa shape index (κ2) is 6.78. The fraction of sp³-hybridized carbons (Fsp3) is 0.286. The zero-order valence-electron chi connectivity index (χ0n) is 15.8. The quantitative estimate of drug-likeness (QED) is 0.506. The van der Waals surface area contributed by atoms with E-state index in [1.165, 1.54) is 16.9 Å². The van der Waals surface area contributed by atoms with Gasteiger partial charge in [-0.05, 0) is 30.9 Å². The van der Waals surface area contributed by atoms with Crippen LogP contribution in [0.5, 0.6) is 0 Å². The van der Waals surface area contributed by atoms with Gasteiger partial charge in [0.2, 0.25) is 0 Å². The lowest BCUT2D eigenvalue weighted by molar-refractivity contribution is 0.392. The second-order valence-corrected chi connectivity index (χ2v) is 7.94. The van der Waals surface area contributed by atoms with Gasteiger partial charge in [-0.2, -0.15) is 0 Å². The van der Waals surface area contributed by atoms with Crippen molar-refractivity contribution < 1.29 is 4.52 Å². The molecular weight excluding hydrogens is 358 g/mol. The molecule has 0 fully saturated rings. The van der Waals surface area contributed by atoms with Gasteiger partial charge in [0, 0.05) is 16.5 Å². The average Bonchev–Trinajstić information content (AvgIpc) is 3.23. The Balaban J connectivity index is 1.81. The number of aryl methyl sites for hydroxylation is 2. The van der Waals surface area contributed by atoms with E-state index in [-0.39, 0.29) is 5.56 Å². The van der Waals surface area contributed by atoms with Crippen molar-refractivity contribution in [1.82, 2.24) is 14.7 Å². The van der Waals surface area contributed by atoms with Crippen LogP contribution in [0.4, 0.5) is 0 Å². The van der Waals surface area contributed by atoms with Crippen LogP contribution in [0.15, 0.2) is 45.3 Å². The number of hydrogen-bond donors (Lipinski definition) is 0. The van der Waals surface area contributed by atoms with Crippen molar-refractivity contribution in [2.45, 2.75) is 40.2 Å². The lowest BCUT2D eigenvalue weighted by atomic mass is 9.99. The Morgan fingerprint density at radius 3 is 2.56 bits per heavy atom. The van der Waals surface area contributed by atoms with Crippen molar-refractivity contribution in [3.8, 4) is 11.1 Å². The van der Waals surface area contributed by atoms with Gasteiger partial charge in [0.1, 0.15) is 10.6 Å². The Morgan fingerprint density at radius 1 is 1.19 bits per heavy atom. The van der Waals surface area contributed by atoms with Crippen LogP contribution in [0.25, 0.3) is 21.3 Å². The molecule has 138 valence electrons. The molecule has 3 aromatic heterocycles. The van der Waals surface area contributed by atoms with Crippen molar-refractivity contribution >= 4 is 21.6 Å². The molecule has 0 amide bonds. The van der Waals surface area contributed by atoms with E-state index in [0.717, 1.165) is 33.0 Å². The summed E-state index contributed by atoms with van der Waals surface area (Å²) in [7, 11) is 0. The summed E-state index contributed by atoms with van der Waals surface area (Å²) in [6.07, 6.45) is 1.61. The molecule has 0 unspecified atom stereocenters. The van der Waals surface area contributed by atoms with Gasteiger partial charge >= 0.3 is 0 Å². The van der Waals surface area contributed by atoms with Crippen LogP contribution in [-0.2, 0) is 6.54 Å². The van der Waals surface area contributed by atoms with Crippen molar-refractivity contribution in [1.29, 1.82) is 0 Å². The SMILES string of the molecule is Cc1noc(C)c1Cn1cnc2scc(-c3ccc(C(C)C)cc3)c2c1=O. The van der Waals surface area contributed by atoms with Gasteiger partial charge in [0.15, 0.2) is 0 Å². The third kappa shape index (κ3) is 3.10. The summed E-state index contributed by atoms with van der Waals surface area (Å²) in [5.74, 6) is 1.21. The second-order valence-electron chi connectivity index (χ2n) is 7.09. The first-order valence-corrected chi connectivity index (χ1v) is 9.82. The summed E-state index contributed by atoms with van der Waals surface area (Å²) in [6, 6.07) is 8.42. The van der Waals surface area contributed by atoms with E-state index in [4.69, 9.17) is 4.52 Å². The molecule has 4 aromatic rings. The summed E-state index contributed by atoms with van der Waals surface area (Å²) in [6.45, 7) is 8.50. The molecule has 1 aromatic carbocycles. The van der Waals surface area contributed by atoms with E-state index >= 15 is 0 Å². The van der Waals surface area contributed by atoms with Gasteiger partial charge < -0.3 is 4.52 Å². The zero-order chi connectivity index (χ0) is 19.1. The molecule has 0 saturated carbocycles. The molecule has 0 saturated heterocycles. The highest BCUT2D eigenvalue weighted by atomic mass is 32.1. The predicted octanol–water partition coefficient (Wildman–Crippen LogP) is 4.90. The molecule has 27 heavy (non-hydrogen) atoms. The molecule has 0 aliphatic heterocycles. The Hall–Kier alpha value is -2.73. The highest BCUT2D eigenvalue weighted by Crippen LogP contribution is 2.31. The Bertz CT molecular complexity index is 1150. The van der Waals surface area contributed by atoms with E-state index in [1.54, 1.807) is 10.9 Å². The zero-order valence-corrected chi connectivity index (χ0v) is 16.6. The molecule has 0 spiro atoms.